The fourth-order valence-electron chi connectivity index (χ4n) is 2.10. The summed E-state index contributed by atoms with van der Waals surface area (Å²) in [5.74, 6) is -0.283. The van der Waals surface area contributed by atoms with Crippen LogP contribution >= 0.6 is 27.3 Å². The quantitative estimate of drug-likeness (QED) is 0.845. The first-order valence-electron chi connectivity index (χ1n) is 6.21. The van der Waals surface area contributed by atoms with Crippen LogP contribution in [0.15, 0.2) is 29.1 Å². The largest absolute Gasteiger partial charge is 0.331 e. The Balaban J connectivity index is 1.80. The van der Waals surface area contributed by atoms with E-state index in [1.165, 1.54) is 11.3 Å². The third-order valence-corrected chi connectivity index (χ3v) is 4.35. The number of aryl methyl sites for hydroxylation is 1. The summed E-state index contributed by atoms with van der Waals surface area (Å²) in [5.41, 5.74) is 0.875. The van der Waals surface area contributed by atoms with Gasteiger partial charge >= 0.3 is 6.03 Å². The normalized spacial score (nSPS) is 18.2. The first kappa shape index (κ1) is 14.2. The summed E-state index contributed by atoms with van der Waals surface area (Å²) < 4.78 is 0.837. The molecule has 108 valence electrons. The summed E-state index contributed by atoms with van der Waals surface area (Å²) in [4.78, 5) is 34.6. The molecular formula is C13H11BrN4O2S. The van der Waals surface area contributed by atoms with Gasteiger partial charge in [-0.2, -0.15) is 0 Å². The number of imide groups is 1. The fourth-order valence-corrected chi connectivity index (χ4v) is 3.28. The Morgan fingerprint density at radius 2 is 2.19 bits per heavy atom. The van der Waals surface area contributed by atoms with Crippen molar-refractivity contribution in [3.8, 4) is 0 Å². The Kier molecular flexibility index (Phi) is 3.73. The van der Waals surface area contributed by atoms with Crippen molar-refractivity contribution in [1.82, 2.24) is 15.3 Å². The lowest BCUT2D eigenvalue weighted by atomic mass is 10.1. The molecule has 0 bridgehead atoms. The molecule has 1 atom stereocenters. The summed E-state index contributed by atoms with van der Waals surface area (Å²) in [7, 11) is 0. The molecule has 1 N–H and O–H groups in total. The summed E-state index contributed by atoms with van der Waals surface area (Å²) in [6.45, 7) is 1.88. The van der Waals surface area contributed by atoms with E-state index in [1.54, 1.807) is 18.6 Å². The lowest BCUT2D eigenvalue weighted by molar-refractivity contribution is -0.118. The maximum atomic E-state index is 12.4. The summed E-state index contributed by atoms with van der Waals surface area (Å²) in [5, 5.41) is 3.10. The van der Waals surface area contributed by atoms with Crippen molar-refractivity contribution in [3.05, 3.63) is 39.6 Å². The SMILES string of the molecule is Cc1cnc(N2C(=O)NC(Cc3cncc(Br)c3)C2=O)s1. The second-order valence-corrected chi connectivity index (χ2v) is 6.77. The molecule has 2 aromatic rings. The number of thiazole rings is 1. The second-order valence-electron chi connectivity index (χ2n) is 4.64. The maximum Gasteiger partial charge on any atom is 0.331 e. The van der Waals surface area contributed by atoms with Crippen LogP contribution < -0.4 is 10.2 Å². The molecule has 1 saturated heterocycles. The molecule has 0 aliphatic carbocycles. The van der Waals surface area contributed by atoms with E-state index in [2.05, 4.69) is 31.2 Å². The third-order valence-electron chi connectivity index (χ3n) is 3.02. The number of rotatable bonds is 3. The highest BCUT2D eigenvalue weighted by Crippen LogP contribution is 2.25. The van der Waals surface area contributed by atoms with Gasteiger partial charge in [0.25, 0.3) is 5.91 Å². The van der Waals surface area contributed by atoms with Gasteiger partial charge in [0.2, 0.25) is 5.13 Å². The average Bonchev–Trinajstić information content (AvgIpc) is 2.94. The Morgan fingerprint density at radius 3 is 2.86 bits per heavy atom. The topological polar surface area (TPSA) is 75.2 Å². The molecule has 1 unspecified atom stereocenters. The molecule has 1 aliphatic rings. The van der Waals surface area contributed by atoms with Crippen LogP contribution in [-0.4, -0.2) is 27.9 Å². The second kappa shape index (κ2) is 5.53. The number of amides is 3. The van der Waals surface area contributed by atoms with Gasteiger partial charge in [0.05, 0.1) is 0 Å². The van der Waals surface area contributed by atoms with Crippen molar-refractivity contribution in [2.75, 3.05) is 4.90 Å². The van der Waals surface area contributed by atoms with Gasteiger partial charge in [-0.05, 0) is 34.5 Å². The van der Waals surface area contributed by atoms with Crippen molar-refractivity contribution in [3.63, 3.8) is 0 Å². The molecule has 6 nitrogen and oxygen atoms in total. The van der Waals surface area contributed by atoms with Crippen molar-refractivity contribution < 1.29 is 9.59 Å². The van der Waals surface area contributed by atoms with Crippen molar-refractivity contribution >= 4 is 44.3 Å². The van der Waals surface area contributed by atoms with Gasteiger partial charge in [-0.25, -0.2) is 14.7 Å². The van der Waals surface area contributed by atoms with Crippen LogP contribution in [0.4, 0.5) is 9.93 Å². The third kappa shape index (κ3) is 2.81. The van der Waals surface area contributed by atoms with Crippen LogP contribution in [0.3, 0.4) is 0 Å². The smallest absolute Gasteiger partial charge is 0.325 e. The number of urea groups is 1. The minimum absolute atomic E-state index is 0.283. The van der Waals surface area contributed by atoms with Crippen LogP contribution in [0.1, 0.15) is 10.4 Å². The Morgan fingerprint density at radius 1 is 1.38 bits per heavy atom. The lowest BCUT2D eigenvalue weighted by Gasteiger charge is -2.09. The van der Waals surface area contributed by atoms with Crippen molar-refractivity contribution in [1.29, 1.82) is 0 Å². The fraction of sp³-hybridized carbons (Fsp3) is 0.231. The molecule has 3 rings (SSSR count). The molecule has 0 aromatic carbocycles. The van der Waals surface area contributed by atoms with Gasteiger partial charge in [-0.3, -0.25) is 9.78 Å². The van der Waals surface area contributed by atoms with Gasteiger partial charge in [-0.1, -0.05) is 0 Å². The number of aromatic nitrogens is 2. The molecule has 0 spiro atoms. The summed E-state index contributed by atoms with van der Waals surface area (Å²) in [6, 6.07) is 0.864. The van der Waals surface area contributed by atoms with Crippen LogP contribution in [0.5, 0.6) is 0 Å². The number of halogens is 1. The maximum absolute atomic E-state index is 12.4. The summed E-state index contributed by atoms with van der Waals surface area (Å²) in [6.07, 6.45) is 5.40. The van der Waals surface area contributed by atoms with E-state index in [4.69, 9.17) is 0 Å². The van der Waals surface area contributed by atoms with Gasteiger partial charge in [0, 0.05) is 34.4 Å². The van der Waals surface area contributed by atoms with Gasteiger partial charge in [0.15, 0.2) is 0 Å². The molecule has 1 fully saturated rings. The first-order chi connectivity index (χ1) is 10.0. The molecule has 3 heterocycles. The molecule has 3 amide bonds. The van der Waals surface area contributed by atoms with Crippen LogP contribution in [0.25, 0.3) is 0 Å². The highest BCUT2D eigenvalue weighted by atomic mass is 79.9. The van der Waals surface area contributed by atoms with Crippen molar-refractivity contribution in [2.45, 2.75) is 19.4 Å². The van der Waals surface area contributed by atoms with E-state index in [-0.39, 0.29) is 5.91 Å². The number of carbonyl (C=O) groups is 2. The number of carbonyl (C=O) groups excluding carboxylic acids is 2. The number of nitrogens with zero attached hydrogens (tertiary/aromatic N) is 3. The van der Waals surface area contributed by atoms with Gasteiger partial charge in [-0.15, -0.1) is 11.3 Å². The molecule has 2 aromatic heterocycles. The predicted molar refractivity (Wildman–Crippen MR) is 82.3 cm³/mol. The van der Waals surface area contributed by atoms with Crippen LogP contribution in [0, 0.1) is 6.92 Å². The molecule has 0 radical (unpaired) electrons. The number of hydrogen-bond donors (Lipinski definition) is 1. The van der Waals surface area contributed by atoms with E-state index in [1.807, 2.05) is 13.0 Å². The molecule has 1 aliphatic heterocycles. The average molecular weight is 367 g/mol. The Hall–Kier alpha value is -1.80. The molecular weight excluding hydrogens is 356 g/mol. The molecule has 8 heteroatoms. The highest BCUT2D eigenvalue weighted by Gasteiger charge is 2.40. The van der Waals surface area contributed by atoms with Gasteiger partial charge in [0.1, 0.15) is 6.04 Å². The Bertz CT molecular complexity index is 718. The van der Waals surface area contributed by atoms with Crippen LogP contribution in [-0.2, 0) is 11.2 Å². The number of hydrogen-bond acceptors (Lipinski definition) is 5. The first-order valence-corrected chi connectivity index (χ1v) is 7.82. The zero-order chi connectivity index (χ0) is 15.0. The number of pyridine rings is 1. The monoisotopic (exact) mass is 366 g/mol. The minimum atomic E-state index is -0.585. The van der Waals surface area contributed by atoms with E-state index in [9.17, 15) is 9.59 Å². The number of nitrogens with one attached hydrogen (secondary N) is 1. The molecule has 0 saturated carbocycles. The van der Waals surface area contributed by atoms with E-state index >= 15 is 0 Å². The zero-order valence-electron chi connectivity index (χ0n) is 11.0. The highest BCUT2D eigenvalue weighted by molar-refractivity contribution is 9.10. The minimum Gasteiger partial charge on any atom is -0.325 e. The van der Waals surface area contributed by atoms with Gasteiger partial charge < -0.3 is 5.32 Å². The standard InChI is InChI=1S/C13H11BrN4O2S/c1-7-4-16-13(21-7)18-11(19)10(17-12(18)20)3-8-2-9(14)6-15-5-8/h2,4-6,10H,3H2,1H3,(H,17,20). The van der Waals surface area contributed by atoms with Crippen LogP contribution in [0.2, 0.25) is 0 Å². The Labute approximate surface area is 133 Å². The van der Waals surface area contributed by atoms with Crippen molar-refractivity contribution in [2.24, 2.45) is 0 Å². The van der Waals surface area contributed by atoms with E-state index in [0.29, 0.717) is 11.6 Å². The van der Waals surface area contributed by atoms with E-state index < -0.39 is 12.1 Å². The zero-order valence-corrected chi connectivity index (χ0v) is 13.4. The number of anilines is 1. The van der Waals surface area contributed by atoms with E-state index in [0.717, 1.165) is 19.8 Å². The lowest BCUT2D eigenvalue weighted by Crippen LogP contribution is -2.32. The predicted octanol–water partition coefficient (Wildman–Crippen LogP) is 2.28. The summed E-state index contributed by atoms with van der Waals surface area (Å²) >= 11 is 4.65. The molecule has 21 heavy (non-hydrogen) atoms.